The molecule has 9 heteroatoms. The lowest BCUT2D eigenvalue weighted by Crippen LogP contribution is -2.29. The number of hydrogen-bond acceptors (Lipinski definition) is 6. The maximum atomic E-state index is 12.2. The van der Waals surface area contributed by atoms with Crippen molar-refractivity contribution in [2.24, 2.45) is 0 Å². The van der Waals surface area contributed by atoms with Crippen LogP contribution in [0.2, 0.25) is 5.02 Å². The van der Waals surface area contributed by atoms with E-state index in [2.05, 4.69) is 0 Å². The largest absolute Gasteiger partial charge is 0.392 e. The predicted octanol–water partition coefficient (Wildman–Crippen LogP) is 0.00800. The third-order valence-electron chi connectivity index (χ3n) is 3.10. The first-order valence-corrected chi connectivity index (χ1v) is 6.08. The molecule has 1 saturated heterocycles. The van der Waals surface area contributed by atoms with Gasteiger partial charge in [0.25, 0.3) is 11.6 Å². The monoisotopic (exact) mass is 301 g/mol. The Morgan fingerprint density at radius 1 is 1.40 bits per heavy atom. The summed E-state index contributed by atoms with van der Waals surface area (Å²) in [6.07, 6.45) is -2.06. The number of β-amino-alcohol motifs (C(OH)–C–C–N with tert-alkyl or cyclic N) is 2. The van der Waals surface area contributed by atoms with Gasteiger partial charge in [0.1, 0.15) is 5.69 Å². The highest BCUT2D eigenvalue weighted by Crippen LogP contribution is 2.31. The van der Waals surface area contributed by atoms with Crippen LogP contribution in [-0.4, -0.2) is 51.2 Å². The number of hydrogen-bond donors (Lipinski definition) is 3. The number of nitrogens with zero attached hydrogens (tertiary/aromatic N) is 2. The van der Waals surface area contributed by atoms with Crippen LogP contribution in [-0.2, 0) is 0 Å². The summed E-state index contributed by atoms with van der Waals surface area (Å²) in [5.74, 6) is -0.564. The van der Waals surface area contributed by atoms with E-state index < -0.39 is 28.7 Å². The molecule has 4 N–H and O–H groups in total. The van der Waals surface area contributed by atoms with E-state index in [1.807, 2.05) is 0 Å². The minimum absolute atomic E-state index is 0.0165. The summed E-state index contributed by atoms with van der Waals surface area (Å²) in [6.45, 7) is -0.0917. The maximum absolute atomic E-state index is 12.2. The van der Waals surface area contributed by atoms with E-state index in [0.717, 1.165) is 6.07 Å². The summed E-state index contributed by atoms with van der Waals surface area (Å²) in [4.78, 5) is 23.5. The van der Waals surface area contributed by atoms with E-state index >= 15 is 0 Å². The van der Waals surface area contributed by atoms with Crippen LogP contribution in [0.5, 0.6) is 0 Å². The average molecular weight is 302 g/mol. The van der Waals surface area contributed by atoms with Gasteiger partial charge in [0, 0.05) is 24.7 Å². The minimum atomic E-state index is -1.03. The molecular formula is C11H12ClN3O5. The van der Waals surface area contributed by atoms with Crippen LogP contribution in [0.4, 0.5) is 11.4 Å². The zero-order valence-electron chi connectivity index (χ0n) is 10.2. The van der Waals surface area contributed by atoms with Crippen molar-refractivity contribution in [3.63, 3.8) is 0 Å². The molecule has 1 aliphatic heterocycles. The Morgan fingerprint density at radius 2 is 1.95 bits per heavy atom. The fraction of sp³-hybridized carbons (Fsp3) is 0.364. The lowest BCUT2D eigenvalue weighted by molar-refractivity contribution is -0.383. The highest BCUT2D eigenvalue weighted by molar-refractivity contribution is 6.34. The topological polar surface area (TPSA) is 130 Å². The van der Waals surface area contributed by atoms with E-state index in [0.29, 0.717) is 0 Å². The van der Waals surface area contributed by atoms with Gasteiger partial charge in [0.15, 0.2) is 0 Å². The van der Waals surface area contributed by atoms with Crippen molar-refractivity contribution < 1.29 is 19.9 Å². The molecule has 0 bridgehead atoms. The Hall–Kier alpha value is -1.90. The summed E-state index contributed by atoms with van der Waals surface area (Å²) >= 11 is 5.77. The number of benzene rings is 1. The molecule has 0 aromatic heterocycles. The quantitative estimate of drug-likeness (QED) is 0.401. The van der Waals surface area contributed by atoms with Crippen LogP contribution in [0.1, 0.15) is 10.4 Å². The Labute approximate surface area is 118 Å². The molecule has 2 unspecified atom stereocenters. The number of rotatable bonds is 2. The number of likely N-dealkylation sites (tertiary alicyclic amines) is 1. The number of nitro benzene ring substituents is 1. The van der Waals surface area contributed by atoms with Crippen molar-refractivity contribution >= 4 is 28.9 Å². The molecule has 108 valence electrons. The Morgan fingerprint density at radius 3 is 2.45 bits per heavy atom. The SMILES string of the molecule is Nc1c(Cl)cc(C(=O)N2CC(O)C(O)C2)cc1[N+](=O)[O-]. The molecular weight excluding hydrogens is 290 g/mol. The first kappa shape index (κ1) is 14.5. The molecule has 0 radical (unpaired) electrons. The van der Waals surface area contributed by atoms with Gasteiger partial charge in [-0.05, 0) is 6.07 Å². The molecule has 0 saturated carbocycles. The lowest BCUT2D eigenvalue weighted by atomic mass is 10.1. The van der Waals surface area contributed by atoms with E-state index in [1.54, 1.807) is 0 Å². The second-order valence-corrected chi connectivity index (χ2v) is 4.90. The van der Waals surface area contributed by atoms with E-state index in [1.165, 1.54) is 11.0 Å². The number of aliphatic hydroxyl groups is 2. The van der Waals surface area contributed by atoms with Gasteiger partial charge in [0.2, 0.25) is 0 Å². The molecule has 1 amide bonds. The number of aliphatic hydroxyl groups excluding tert-OH is 2. The number of carbonyl (C=O) groups is 1. The van der Waals surface area contributed by atoms with Crippen molar-refractivity contribution in [3.8, 4) is 0 Å². The number of nitrogens with two attached hydrogens (primary N) is 1. The smallest absolute Gasteiger partial charge is 0.294 e. The van der Waals surface area contributed by atoms with Crippen molar-refractivity contribution in [1.82, 2.24) is 4.90 Å². The second-order valence-electron chi connectivity index (χ2n) is 4.49. The molecule has 20 heavy (non-hydrogen) atoms. The van der Waals surface area contributed by atoms with E-state index in [-0.39, 0.29) is 29.4 Å². The van der Waals surface area contributed by atoms with Crippen LogP contribution < -0.4 is 5.73 Å². The summed E-state index contributed by atoms with van der Waals surface area (Å²) in [5, 5.41) is 29.6. The molecule has 8 nitrogen and oxygen atoms in total. The van der Waals surface area contributed by atoms with Crippen LogP contribution in [0.15, 0.2) is 12.1 Å². The van der Waals surface area contributed by atoms with Gasteiger partial charge >= 0.3 is 0 Å². The van der Waals surface area contributed by atoms with Gasteiger partial charge in [-0.15, -0.1) is 0 Å². The summed E-state index contributed by atoms with van der Waals surface area (Å²) in [5.41, 5.74) is 4.78. The molecule has 2 rings (SSSR count). The molecule has 1 aromatic rings. The predicted molar refractivity (Wildman–Crippen MR) is 70.4 cm³/mol. The van der Waals surface area contributed by atoms with Crippen LogP contribution in [0.25, 0.3) is 0 Å². The standard InChI is InChI=1S/C11H12ClN3O5/c12-6-1-5(2-7(10(6)13)15(19)20)11(18)14-3-8(16)9(17)4-14/h1-2,8-9,16-17H,3-4,13H2. The molecule has 0 aliphatic carbocycles. The van der Waals surface area contributed by atoms with Crippen LogP contribution >= 0.6 is 11.6 Å². The number of carbonyl (C=O) groups excluding carboxylic acids is 1. The van der Waals surface area contributed by atoms with E-state index in [4.69, 9.17) is 17.3 Å². The van der Waals surface area contributed by atoms with Gasteiger partial charge in [-0.25, -0.2) is 0 Å². The zero-order valence-corrected chi connectivity index (χ0v) is 10.9. The van der Waals surface area contributed by atoms with E-state index in [9.17, 15) is 25.1 Å². The van der Waals surface area contributed by atoms with Gasteiger partial charge in [-0.1, -0.05) is 11.6 Å². The summed E-state index contributed by atoms with van der Waals surface area (Å²) < 4.78 is 0. The fourth-order valence-corrected chi connectivity index (χ4v) is 2.21. The third-order valence-corrected chi connectivity index (χ3v) is 3.41. The van der Waals surface area contributed by atoms with Crippen molar-refractivity contribution in [3.05, 3.63) is 32.8 Å². The highest BCUT2D eigenvalue weighted by atomic mass is 35.5. The zero-order chi connectivity index (χ0) is 15.0. The minimum Gasteiger partial charge on any atom is -0.392 e. The molecule has 2 atom stereocenters. The number of anilines is 1. The van der Waals surface area contributed by atoms with Crippen molar-refractivity contribution in [2.75, 3.05) is 18.8 Å². The van der Waals surface area contributed by atoms with Gasteiger partial charge in [0.05, 0.1) is 22.2 Å². The Kier molecular flexibility index (Phi) is 3.80. The summed E-state index contributed by atoms with van der Waals surface area (Å²) in [6, 6.07) is 2.25. The van der Waals surface area contributed by atoms with Crippen molar-refractivity contribution in [2.45, 2.75) is 12.2 Å². The number of nitro groups is 1. The highest BCUT2D eigenvalue weighted by Gasteiger charge is 2.33. The van der Waals surface area contributed by atoms with Crippen molar-refractivity contribution in [1.29, 1.82) is 0 Å². The Bertz CT molecular complexity index is 569. The summed E-state index contributed by atoms with van der Waals surface area (Å²) in [7, 11) is 0. The lowest BCUT2D eigenvalue weighted by Gasteiger charge is -2.15. The molecule has 0 spiro atoms. The maximum Gasteiger partial charge on any atom is 0.294 e. The number of halogens is 1. The third kappa shape index (κ3) is 2.53. The fourth-order valence-electron chi connectivity index (χ4n) is 2.00. The molecule has 1 fully saturated rings. The second kappa shape index (κ2) is 5.23. The first-order valence-electron chi connectivity index (χ1n) is 5.70. The molecule has 1 aromatic carbocycles. The number of amides is 1. The first-order chi connectivity index (χ1) is 9.31. The van der Waals surface area contributed by atoms with Crippen LogP contribution in [0.3, 0.4) is 0 Å². The normalized spacial score (nSPS) is 22.1. The van der Waals surface area contributed by atoms with Gasteiger partial charge in [-0.3, -0.25) is 14.9 Å². The van der Waals surface area contributed by atoms with Gasteiger partial charge < -0.3 is 20.8 Å². The molecule has 1 heterocycles. The van der Waals surface area contributed by atoms with Crippen LogP contribution in [0, 0.1) is 10.1 Å². The Balaban J connectivity index is 2.34. The average Bonchev–Trinajstić information content (AvgIpc) is 2.71. The molecule has 1 aliphatic rings. The number of nitrogen functional groups attached to an aromatic ring is 1. The van der Waals surface area contributed by atoms with Gasteiger partial charge in [-0.2, -0.15) is 0 Å².